The Bertz CT molecular complexity index is 490. The summed E-state index contributed by atoms with van der Waals surface area (Å²) in [5.41, 5.74) is 2.58. The van der Waals surface area contributed by atoms with Gasteiger partial charge < -0.3 is 15.4 Å². The van der Waals surface area contributed by atoms with Crippen LogP contribution in [0.5, 0.6) is 0 Å². The van der Waals surface area contributed by atoms with Gasteiger partial charge >= 0.3 is 6.03 Å². The Morgan fingerprint density at radius 1 is 1.18 bits per heavy atom. The van der Waals surface area contributed by atoms with Crippen molar-refractivity contribution in [3.05, 3.63) is 35.4 Å². The minimum absolute atomic E-state index is 0.0785. The summed E-state index contributed by atoms with van der Waals surface area (Å²) < 4.78 is 5.36. The molecule has 1 aliphatic heterocycles. The van der Waals surface area contributed by atoms with Gasteiger partial charge in [-0.2, -0.15) is 0 Å². The lowest BCUT2D eigenvalue weighted by Gasteiger charge is -2.28. The van der Waals surface area contributed by atoms with Crippen molar-refractivity contribution in [1.82, 2.24) is 10.6 Å². The molecule has 2 N–H and O–H groups in total. The molecule has 1 heterocycles. The molecular weight excluding hydrogens is 276 g/mol. The van der Waals surface area contributed by atoms with Gasteiger partial charge in [0.15, 0.2) is 0 Å². The molecule has 120 valence electrons. The van der Waals surface area contributed by atoms with Crippen LogP contribution < -0.4 is 10.6 Å². The summed E-state index contributed by atoms with van der Waals surface area (Å²) in [5.74, 6) is 1.31. The molecule has 22 heavy (non-hydrogen) atoms. The molecule has 1 aliphatic carbocycles. The maximum atomic E-state index is 12.0. The Labute approximate surface area is 132 Å². The molecule has 4 heteroatoms. The van der Waals surface area contributed by atoms with Gasteiger partial charge in [0.2, 0.25) is 0 Å². The highest BCUT2D eigenvalue weighted by molar-refractivity contribution is 5.74. The molecule has 0 radical (unpaired) electrons. The average Bonchev–Trinajstić information content (AvgIpc) is 3.39. The predicted molar refractivity (Wildman–Crippen MR) is 86.8 cm³/mol. The van der Waals surface area contributed by atoms with Crippen molar-refractivity contribution in [2.45, 2.75) is 51.1 Å². The largest absolute Gasteiger partial charge is 0.381 e. The van der Waals surface area contributed by atoms with Crippen molar-refractivity contribution in [1.29, 1.82) is 0 Å². The van der Waals surface area contributed by atoms with Gasteiger partial charge in [0, 0.05) is 25.8 Å². The van der Waals surface area contributed by atoms with Crippen LogP contribution in [0.1, 0.15) is 49.7 Å². The standard InChI is InChI=1S/C18H26N2O2/c1-13(15-8-10-22-11-9-15)20-18(21)19-12-14-2-4-16(5-3-14)17-6-7-17/h2-5,13,15,17H,6-12H2,1H3,(H2,19,20,21)/t13-/m0/s1. The van der Waals surface area contributed by atoms with Gasteiger partial charge in [-0.1, -0.05) is 24.3 Å². The number of hydrogen-bond acceptors (Lipinski definition) is 2. The van der Waals surface area contributed by atoms with E-state index < -0.39 is 0 Å². The number of amides is 2. The van der Waals surface area contributed by atoms with E-state index in [2.05, 4.69) is 41.8 Å². The number of ether oxygens (including phenoxy) is 1. The van der Waals surface area contributed by atoms with E-state index in [1.165, 1.54) is 18.4 Å². The predicted octanol–water partition coefficient (Wildman–Crippen LogP) is 3.18. The molecular formula is C18H26N2O2. The Hall–Kier alpha value is -1.55. The van der Waals surface area contributed by atoms with Gasteiger partial charge in [-0.05, 0) is 55.6 Å². The van der Waals surface area contributed by atoms with Gasteiger partial charge in [-0.15, -0.1) is 0 Å². The fraction of sp³-hybridized carbons (Fsp3) is 0.611. The zero-order chi connectivity index (χ0) is 15.4. The summed E-state index contributed by atoms with van der Waals surface area (Å²) >= 11 is 0. The lowest BCUT2D eigenvalue weighted by molar-refractivity contribution is 0.0571. The van der Waals surface area contributed by atoms with Crippen molar-refractivity contribution in [2.75, 3.05) is 13.2 Å². The number of urea groups is 1. The highest BCUT2D eigenvalue weighted by Crippen LogP contribution is 2.39. The second-order valence-electron chi connectivity index (χ2n) is 6.58. The fourth-order valence-electron chi connectivity index (χ4n) is 3.10. The van der Waals surface area contributed by atoms with Gasteiger partial charge in [-0.25, -0.2) is 4.79 Å². The van der Waals surface area contributed by atoms with Crippen LogP contribution in [-0.4, -0.2) is 25.3 Å². The van der Waals surface area contributed by atoms with E-state index in [4.69, 9.17) is 4.74 Å². The SMILES string of the molecule is C[C@H](NC(=O)NCc1ccc(C2CC2)cc1)C1CCOCC1. The Balaban J connectivity index is 1.41. The van der Waals surface area contributed by atoms with Crippen LogP contribution >= 0.6 is 0 Å². The van der Waals surface area contributed by atoms with Crippen LogP contribution in [0.4, 0.5) is 4.79 Å². The van der Waals surface area contributed by atoms with Crippen molar-refractivity contribution >= 4 is 6.03 Å². The molecule has 3 rings (SSSR count). The quantitative estimate of drug-likeness (QED) is 0.877. The Morgan fingerprint density at radius 3 is 2.50 bits per heavy atom. The minimum atomic E-state index is -0.0785. The topological polar surface area (TPSA) is 50.4 Å². The first kappa shape index (κ1) is 15.3. The van der Waals surface area contributed by atoms with Crippen molar-refractivity contribution in [3.63, 3.8) is 0 Å². The third kappa shape index (κ3) is 4.23. The zero-order valence-electron chi connectivity index (χ0n) is 13.3. The normalized spacial score (nSPS) is 20.4. The van der Waals surface area contributed by atoms with E-state index in [9.17, 15) is 4.79 Å². The van der Waals surface area contributed by atoms with E-state index in [-0.39, 0.29) is 12.1 Å². The molecule has 1 saturated heterocycles. The van der Waals surface area contributed by atoms with Crippen molar-refractivity contribution in [2.24, 2.45) is 5.92 Å². The summed E-state index contributed by atoms with van der Waals surface area (Å²) in [6, 6.07) is 8.74. The summed E-state index contributed by atoms with van der Waals surface area (Å²) in [6.45, 7) is 4.29. The van der Waals surface area contributed by atoms with E-state index in [1.807, 2.05) is 0 Å². The second-order valence-corrected chi connectivity index (χ2v) is 6.58. The first-order valence-corrected chi connectivity index (χ1v) is 8.43. The average molecular weight is 302 g/mol. The van der Waals surface area contributed by atoms with Crippen LogP contribution in [-0.2, 0) is 11.3 Å². The number of carbonyl (C=O) groups excluding carboxylic acids is 1. The lowest BCUT2D eigenvalue weighted by Crippen LogP contribution is -2.45. The highest BCUT2D eigenvalue weighted by atomic mass is 16.5. The third-order valence-corrected chi connectivity index (χ3v) is 4.81. The number of nitrogens with one attached hydrogen (secondary N) is 2. The Morgan fingerprint density at radius 2 is 1.86 bits per heavy atom. The van der Waals surface area contributed by atoms with Gasteiger partial charge in [-0.3, -0.25) is 0 Å². The van der Waals surface area contributed by atoms with Crippen LogP contribution in [0.25, 0.3) is 0 Å². The smallest absolute Gasteiger partial charge is 0.315 e. The lowest BCUT2D eigenvalue weighted by atomic mass is 9.93. The number of rotatable bonds is 5. The molecule has 0 aromatic heterocycles. The van der Waals surface area contributed by atoms with Gasteiger partial charge in [0.25, 0.3) is 0 Å². The zero-order valence-corrected chi connectivity index (χ0v) is 13.3. The molecule has 1 atom stereocenters. The van der Waals surface area contributed by atoms with Crippen LogP contribution in [0.15, 0.2) is 24.3 Å². The molecule has 0 spiro atoms. The summed E-state index contributed by atoms with van der Waals surface area (Å²) in [5, 5.41) is 6.01. The Kier molecular flexibility index (Phi) is 4.98. The molecule has 2 aliphatic rings. The maximum absolute atomic E-state index is 12.0. The van der Waals surface area contributed by atoms with Crippen molar-refractivity contribution < 1.29 is 9.53 Å². The summed E-state index contributed by atoms with van der Waals surface area (Å²) in [4.78, 5) is 12.0. The minimum Gasteiger partial charge on any atom is -0.381 e. The van der Waals surface area contributed by atoms with Gasteiger partial charge in [0.1, 0.15) is 0 Å². The second kappa shape index (κ2) is 7.14. The fourth-order valence-corrected chi connectivity index (χ4v) is 3.10. The molecule has 1 aromatic carbocycles. The van der Waals surface area contributed by atoms with Crippen LogP contribution in [0.2, 0.25) is 0 Å². The first-order chi connectivity index (χ1) is 10.7. The molecule has 0 unspecified atom stereocenters. The van der Waals surface area contributed by atoms with Gasteiger partial charge in [0.05, 0.1) is 0 Å². The molecule has 4 nitrogen and oxygen atoms in total. The number of hydrogen-bond donors (Lipinski definition) is 2. The monoisotopic (exact) mass is 302 g/mol. The van der Waals surface area contributed by atoms with Crippen LogP contribution in [0, 0.1) is 5.92 Å². The molecule has 0 bridgehead atoms. The van der Waals surface area contributed by atoms with Crippen LogP contribution in [0.3, 0.4) is 0 Å². The highest BCUT2D eigenvalue weighted by Gasteiger charge is 2.23. The third-order valence-electron chi connectivity index (χ3n) is 4.81. The molecule has 2 amide bonds. The number of benzene rings is 1. The van der Waals surface area contributed by atoms with E-state index in [0.29, 0.717) is 12.5 Å². The molecule has 1 aromatic rings. The summed E-state index contributed by atoms with van der Waals surface area (Å²) in [6.07, 6.45) is 4.71. The first-order valence-electron chi connectivity index (χ1n) is 8.43. The van der Waals surface area contributed by atoms with Crippen molar-refractivity contribution in [3.8, 4) is 0 Å². The molecule has 1 saturated carbocycles. The number of carbonyl (C=O) groups is 1. The summed E-state index contributed by atoms with van der Waals surface area (Å²) in [7, 11) is 0. The van der Waals surface area contributed by atoms with E-state index in [1.54, 1.807) is 0 Å². The maximum Gasteiger partial charge on any atom is 0.315 e. The van der Waals surface area contributed by atoms with E-state index >= 15 is 0 Å². The van der Waals surface area contributed by atoms with E-state index in [0.717, 1.165) is 37.5 Å². The molecule has 2 fully saturated rings.